The van der Waals surface area contributed by atoms with Gasteiger partial charge in [-0.05, 0) is 6.07 Å². The van der Waals surface area contributed by atoms with Crippen LogP contribution in [0.2, 0.25) is 0 Å². The predicted octanol–water partition coefficient (Wildman–Crippen LogP) is -0.211. The van der Waals surface area contributed by atoms with Crippen molar-refractivity contribution in [3.8, 4) is 0 Å². The number of hydrogen-bond acceptors (Lipinski definition) is 6. The molecule has 3 aromatic rings. The Labute approximate surface area is 80.6 Å². The molecule has 0 unspecified atom stereocenters. The van der Waals surface area contributed by atoms with Gasteiger partial charge in [-0.1, -0.05) is 0 Å². The average molecular weight is 205 g/mol. The van der Waals surface area contributed by atoms with Crippen molar-refractivity contribution in [3.05, 3.63) is 39.3 Å². The lowest BCUT2D eigenvalue weighted by Crippen LogP contribution is -2.20. The summed E-state index contributed by atoms with van der Waals surface area (Å²) in [6.07, 6.45) is 3.11. The van der Waals surface area contributed by atoms with Gasteiger partial charge in [-0.2, -0.15) is 0 Å². The zero-order chi connectivity index (χ0) is 10.4. The second-order valence-electron chi connectivity index (χ2n) is 2.80. The van der Waals surface area contributed by atoms with E-state index >= 15 is 0 Å². The van der Waals surface area contributed by atoms with E-state index in [4.69, 9.17) is 4.42 Å². The van der Waals surface area contributed by atoms with Crippen LogP contribution in [0.1, 0.15) is 0 Å². The smallest absolute Gasteiger partial charge is 0.408 e. The summed E-state index contributed by atoms with van der Waals surface area (Å²) in [5.74, 6) is 0. The Morgan fingerprint density at radius 2 is 2.00 bits per heavy atom. The molecular formula is C8H3N3O4. The van der Waals surface area contributed by atoms with Crippen LogP contribution >= 0.6 is 0 Å². The molecule has 0 N–H and O–H groups in total. The van der Waals surface area contributed by atoms with E-state index in [-0.39, 0.29) is 11.3 Å². The van der Waals surface area contributed by atoms with Crippen LogP contribution in [0.3, 0.4) is 0 Å². The lowest BCUT2D eigenvalue weighted by molar-refractivity contribution is 0.445. The molecule has 74 valence electrons. The molecule has 0 aliphatic carbocycles. The quantitative estimate of drug-likeness (QED) is 0.471. The second-order valence-corrected chi connectivity index (χ2v) is 2.80. The SMILES string of the molecule is O=c1oc2nn3cccnc3c2oc1=O. The Morgan fingerprint density at radius 3 is 2.87 bits per heavy atom. The van der Waals surface area contributed by atoms with Crippen LogP contribution in [-0.4, -0.2) is 14.6 Å². The van der Waals surface area contributed by atoms with E-state index in [2.05, 4.69) is 14.5 Å². The number of rotatable bonds is 0. The normalized spacial score (nSPS) is 11.2. The highest BCUT2D eigenvalue weighted by Crippen LogP contribution is 2.13. The lowest BCUT2D eigenvalue weighted by atomic mass is 10.6. The van der Waals surface area contributed by atoms with Crippen molar-refractivity contribution in [2.45, 2.75) is 0 Å². The summed E-state index contributed by atoms with van der Waals surface area (Å²) in [6, 6.07) is 1.65. The van der Waals surface area contributed by atoms with Gasteiger partial charge in [-0.15, -0.1) is 5.10 Å². The van der Waals surface area contributed by atoms with Crippen molar-refractivity contribution in [1.29, 1.82) is 0 Å². The third kappa shape index (κ3) is 0.997. The second kappa shape index (κ2) is 2.53. The van der Waals surface area contributed by atoms with Gasteiger partial charge in [0.1, 0.15) is 0 Å². The molecular weight excluding hydrogens is 202 g/mol. The molecule has 0 saturated carbocycles. The molecule has 3 aromatic heterocycles. The Morgan fingerprint density at radius 1 is 1.20 bits per heavy atom. The molecule has 3 rings (SSSR count). The zero-order valence-corrected chi connectivity index (χ0v) is 7.21. The van der Waals surface area contributed by atoms with Crippen LogP contribution in [-0.2, 0) is 0 Å². The Hall–Kier alpha value is -2.44. The topological polar surface area (TPSA) is 90.6 Å². The van der Waals surface area contributed by atoms with Crippen molar-refractivity contribution in [1.82, 2.24) is 14.6 Å². The first-order valence-electron chi connectivity index (χ1n) is 4.03. The first-order valence-corrected chi connectivity index (χ1v) is 4.03. The largest absolute Gasteiger partial charge is 0.424 e. The summed E-state index contributed by atoms with van der Waals surface area (Å²) in [4.78, 5) is 25.7. The molecule has 0 saturated heterocycles. The standard InChI is InChI=1S/C8H3N3O4/c12-7-8(13)15-6-4(14-7)5-9-2-1-3-11(5)10-6/h1-3H. The minimum Gasteiger partial charge on any atom is -0.408 e. The molecule has 0 fully saturated rings. The maximum Gasteiger partial charge on any atom is 0.424 e. The number of fused-ring (bicyclic) bond motifs is 3. The molecule has 7 heteroatoms. The lowest BCUT2D eigenvalue weighted by Gasteiger charge is -1.86. The number of hydrogen-bond donors (Lipinski definition) is 0. The maximum absolute atomic E-state index is 10.9. The Bertz CT molecular complexity index is 766. The zero-order valence-electron chi connectivity index (χ0n) is 7.21. The van der Waals surface area contributed by atoms with Crippen molar-refractivity contribution < 1.29 is 8.83 Å². The predicted molar refractivity (Wildman–Crippen MR) is 47.6 cm³/mol. The summed E-state index contributed by atoms with van der Waals surface area (Å²) < 4.78 is 10.7. The van der Waals surface area contributed by atoms with Gasteiger partial charge in [-0.25, -0.2) is 19.1 Å². The molecule has 0 radical (unpaired) electrons. The van der Waals surface area contributed by atoms with Gasteiger partial charge in [0.15, 0.2) is 0 Å². The molecule has 0 aromatic carbocycles. The van der Waals surface area contributed by atoms with E-state index in [0.717, 1.165) is 0 Å². The van der Waals surface area contributed by atoms with Gasteiger partial charge in [0, 0.05) is 12.4 Å². The maximum atomic E-state index is 10.9. The van der Waals surface area contributed by atoms with E-state index in [1.54, 1.807) is 12.3 Å². The molecule has 0 aliphatic rings. The highest BCUT2D eigenvalue weighted by Gasteiger charge is 2.12. The summed E-state index contributed by atoms with van der Waals surface area (Å²) in [5, 5.41) is 3.87. The van der Waals surface area contributed by atoms with Crippen LogP contribution < -0.4 is 11.3 Å². The number of nitrogens with zero attached hydrogens (tertiary/aromatic N) is 3. The van der Waals surface area contributed by atoms with Crippen LogP contribution in [0.4, 0.5) is 0 Å². The van der Waals surface area contributed by atoms with E-state index < -0.39 is 11.3 Å². The summed E-state index contributed by atoms with van der Waals surface area (Å²) in [5.41, 5.74) is -1.79. The summed E-state index contributed by atoms with van der Waals surface area (Å²) >= 11 is 0. The fraction of sp³-hybridized carbons (Fsp3) is 0. The molecule has 0 aliphatic heterocycles. The van der Waals surface area contributed by atoms with Crippen molar-refractivity contribution in [3.63, 3.8) is 0 Å². The molecule has 15 heavy (non-hydrogen) atoms. The summed E-state index contributed by atoms with van der Waals surface area (Å²) in [6.45, 7) is 0. The fourth-order valence-electron chi connectivity index (χ4n) is 1.27. The average Bonchev–Trinajstić information content (AvgIpc) is 2.57. The van der Waals surface area contributed by atoms with Crippen LogP contribution in [0.25, 0.3) is 16.9 Å². The van der Waals surface area contributed by atoms with Gasteiger partial charge in [-0.3, -0.25) is 0 Å². The highest BCUT2D eigenvalue weighted by atomic mass is 16.5. The third-order valence-corrected chi connectivity index (χ3v) is 1.87. The fourth-order valence-corrected chi connectivity index (χ4v) is 1.27. The van der Waals surface area contributed by atoms with Crippen LogP contribution in [0.5, 0.6) is 0 Å². The summed E-state index contributed by atoms with van der Waals surface area (Å²) in [7, 11) is 0. The van der Waals surface area contributed by atoms with E-state index in [1.165, 1.54) is 10.7 Å². The minimum atomic E-state index is -1.08. The Balaban J connectivity index is 2.67. The highest BCUT2D eigenvalue weighted by molar-refractivity contribution is 5.81. The van der Waals surface area contributed by atoms with Gasteiger partial charge in [0.25, 0.3) is 5.71 Å². The van der Waals surface area contributed by atoms with Gasteiger partial charge in [0.05, 0.1) is 0 Å². The first-order chi connectivity index (χ1) is 7.25. The number of aromatic nitrogens is 3. The molecule has 3 heterocycles. The van der Waals surface area contributed by atoms with Gasteiger partial charge >= 0.3 is 11.3 Å². The van der Waals surface area contributed by atoms with Crippen molar-refractivity contribution in [2.24, 2.45) is 0 Å². The van der Waals surface area contributed by atoms with E-state index in [9.17, 15) is 9.59 Å². The van der Waals surface area contributed by atoms with E-state index in [1.807, 2.05) is 0 Å². The van der Waals surface area contributed by atoms with Crippen LogP contribution in [0.15, 0.2) is 36.9 Å². The Kier molecular flexibility index (Phi) is 1.34. The molecule has 0 amide bonds. The van der Waals surface area contributed by atoms with Gasteiger partial charge in [0.2, 0.25) is 11.2 Å². The molecule has 0 bridgehead atoms. The first kappa shape index (κ1) is 7.92. The third-order valence-electron chi connectivity index (χ3n) is 1.87. The minimum absolute atomic E-state index is 0.0432. The molecule has 7 nitrogen and oxygen atoms in total. The monoisotopic (exact) mass is 205 g/mol. The van der Waals surface area contributed by atoms with Gasteiger partial charge < -0.3 is 8.83 Å². The van der Waals surface area contributed by atoms with Crippen molar-refractivity contribution in [2.75, 3.05) is 0 Å². The van der Waals surface area contributed by atoms with Crippen molar-refractivity contribution >= 4 is 16.9 Å². The molecule has 0 atom stereocenters. The van der Waals surface area contributed by atoms with Crippen LogP contribution in [0, 0.1) is 0 Å². The van der Waals surface area contributed by atoms with E-state index in [0.29, 0.717) is 5.65 Å². The molecule has 0 spiro atoms.